The van der Waals surface area contributed by atoms with E-state index >= 15 is 0 Å². The van der Waals surface area contributed by atoms with Gasteiger partial charge in [0.1, 0.15) is 0 Å². The average Bonchev–Trinajstić information content (AvgIpc) is 2.01. The Hall–Kier alpha value is -0.263. The third-order valence-corrected chi connectivity index (χ3v) is 3.66. The monoisotopic (exact) mass is 212 g/mol. The minimum atomic E-state index is -1.69. The van der Waals surface area contributed by atoms with Crippen LogP contribution in [0, 0.1) is 11.5 Å². The van der Waals surface area contributed by atoms with Crippen LogP contribution in [0.5, 0.6) is 0 Å². The van der Waals surface area contributed by atoms with Crippen molar-refractivity contribution in [3.05, 3.63) is 0 Å². The van der Waals surface area contributed by atoms with E-state index in [1.807, 2.05) is 0 Å². The van der Waals surface area contributed by atoms with Crippen molar-refractivity contribution in [3.63, 3.8) is 0 Å². The molecule has 14 heavy (non-hydrogen) atoms. The molecule has 0 fully saturated rings. The molecular weight excluding hydrogens is 188 g/mol. The summed E-state index contributed by atoms with van der Waals surface area (Å²) in [5.41, 5.74) is 3.32. The van der Waals surface area contributed by atoms with Crippen molar-refractivity contribution in [2.24, 2.45) is 0 Å². The summed E-state index contributed by atoms with van der Waals surface area (Å²) in [6, 6.07) is 0. The average molecular weight is 212 g/mol. The zero-order chi connectivity index (χ0) is 11.0. The predicted molar refractivity (Wildman–Crippen MR) is 65.6 cm³/mol. The summed E-state index contributed by atoms with van der Waals surface area (Å²) in [5.74, 6) is 3.25. The summed E-state index contributed by atoms with van der Waals surface area (Å²) in [6.45, 7) is 10.7. The lowest BCUT2D eigenvalue weighted by Crippen LogP contribution is -2.31. The van der Waals surface area contributed by atoms with Crippen LogP contribution < -0.4 is 0 Å². The lowest BCUT2D eigenvalue weighted by atomic mass is 10.2. The van der Waals surface area contributed by atoms with Crippen molar-refractivity contribution in [2.45, 2.75) is 65.7 Å². The van der Waals surface area contributed by atoms with Crippen molar-refractivity contribution in [1.82, 2.24) is 0 Å². The Morgan fingerprint density at radius 2 is 1.86 bits per heavy atom. The van der Waals surface area contributed by atoms with Crippen LogP contribution in [-0.2, 0) is 4.43 Å². The minimum Gasteiger partial charge on any atom is -0.403 e. The summed E-state index contributed by atoms with van der Waals surface area (Å²) in [4.78, 5) is 0. The molecule has 0 saturated carbocycles. The van der Waals surface area contributed by atoms with Gasteiger partial charge in [-0.25, -0.2) is 0 Å². The standard InChI is InChI=1S/C12H24OSi/c1-6-7-8-9-10-11-14(4,5)13-12(2)3/h12H,6-9H2,1-5H3. The Labute approximate surface area is 90.4 Å². The van der Waals surface area contributed by atoms with Gasteiger partial charge in [-0.3, -0.25) is 0 Å². The van der Waals surface area contributed by atoms with Gasteiger partial charge in [0.15, 0.2) is 0 Å². The molecule has 0 bridgehead atoms. The molecule has 0 atom stereocenters. The van der Waals surface area contributed by atoms with Crippen LogP contribution in [0.1, 0.15) is 46.5 Å². The Morgan fingerprint density at radius 1 is 1.21 bits per heavy atom. The number of unbranched alkanes of at least 4 members (excludes halogenated alkanes) is 3. The normalized spacial score (nSPS) is 11.3. The molecule has 2 heteroatoms. The zero-order valence-corrected chi connectivity index (χ0v) is 11.3. The maximum atomic E-state index is 5.81. The van der Waals surface area contributed by atoms with Gasteiger partial charge >= 0.3 is 0 Å². The molecule has 0 aliphatic heterocycles. The summed E-state index contributed by atoms with van der Waals surface area (Å²) in [7, 11) is -1.69. The molecule has 1 nitrogen and oxygen atoms in total. The fourth-order valence-corrected chi connectivity index (χ4v) is 3.15. The van der Waals surface area contributed by atoms with E-state index in [0.717, 1.165) is 6.42 Å². The smallest absolute Gasteiger partial charge is 0.266 e. The van der Waals surface area contributed by atoms with Crippen LogP contribution in [0.4, 0.5) is 0 Å². The second-order valence-corrected chi connectivity index (χ2v) is 7.94. The van der Waals surface area contributed by atoms with Gasteiger partial charge in [0.25, 0.3) is 8.32 Å². The van der Waals surface area contributed by atoms with Crippen LogP contribution in [0.3, 0.4) is 0 Å². The molecule has 0 aliphatic carbocycles. The summed E-state index contributed by atoms with van der Waals surface area (Å²) in [6.07, 6.45) is 5.13. The first-order valence-corrected chi connectivity index (χ1v) is 8.56. The lowest BCUT2D eigenvalue weighted by Gasteiger charge is -2.19. The zero-order valence-electron chi connectivity index (χ0n) is 10.3. The van der Waals surface area contributed by atoms with Crippen LogP contribution in [0.15, 0.2) is 0 Å². The second-order valence-electron chi connectivity index (χ2n) is 4.44. The molecule has 0 unspecified atom stereocenters. The summed E-state index contributed by atoms with van der Waals surface area (Å²) in [5, 5.41) is 0. The molecule has 0 amide bonds. The Kier molecular flexibility index (Phi) is 6.95. The first-order valence-electron chi connectivity index (χ1n) is 5.66. The molecule has 0 heterocycles. The van der Waals surface area contributed by atoms with Crippen molar-refractivity contribution >= 4 is 8.32 Å². The number of rotatable bonds is 5. The largest absolute Gasteiger partial charge is 0.403 e. The van der Waals surface area contributed by atoms with Crippen molar-refractivity contribution in [3.8, 4) is 11.5 Å². The summed E-state index contributed by atoms with van der Waals surface area (Å²) < 4.78 is 5.81. The molecule has 0 N–H and O–H groups in total. The highest BCUT2D eigenvalue weighted by molar-refractivity contribution is 6.79. The van der Waals surface area contributed by atoms with Gasteiger partial charge in [-0.2, -0.15) is 0 Å². The molecule has 0 aromatic carbocycles. The third-order valence-electron chi connectivity index (χ3n) is 1.83. The third kappa shape index (κ3) is 8.34. The van der Waals surface area contributed by atoms with Gasteiger partial charge in [-0.05, 0) is 33.4 Å². The Morgan fingerprint density at radius 3 is 2.36 bits per heavy atom. The number of hydrogen-bond acceptors (Lipinski definition) is 1. The van der Waals surface area contributed by atoms with E-state index in [-0.39, 0.29) is 0 Å². The van der Waals surface area contributed by atoms with Crippen molar-refractivity contribution in [2.75, 3.05) is 0 Å². The van der Waals surface area contributed by atoms with Crippen molar-refractivity contribution < 1.29 is 4.43 Å². The van der Waals surface area contributed by atoms with Crippen LogP contribution in [0.25, 0.3) is 0 Å². The molecule has 0 aromatic heterocycles. The molecule has 0 aliphatic rings. The number of hydrogen-bond donors (Lipinski definition) is 0. The second kappa shape index (κ2) is 7.08. The van der Waals surface area contributed by atoms with Gasteiger partial charge in [0, 0.05) is 12.5 Å². The molecule has 82 valence electrons. The maximum absolute atomic E-state index is 5.81. The molecule has 0 radical (unpaired) electrons. The quantitative estimate of drug-likeness (QED) is 0.383. The van der Waals surface area contributed by atoms with E-state index in [4.69, 9.17) is 4.43 Å². The molecule has 0 saturated heterocycles. The van der Waals surface area contributed by atoms with E-state index in [2.05, 4.69) is 45.3 Å². The highest BCUT2D eigenvalue weighted by atomic mass is 28.4. The van der Waals surface area contributed by atoms with Crippen LogP contribution >= 0.6 is 0 Å². The lowest BCUT2D eigenvalue weighted by molar-refractivity contribution is 0.239. The van der Waals surface area contributed by atoms with Crippen LogP contribution in [-0.4, -0.2) is 14.4 Å². The molecule has 0 rings (SSSR count). The molecule has 0 spiro atoms. The predicted octanol–water partition coefficient (Wildman–Crippen LogP) is 3.74. The highest BCUT2D eigenvalue weighted by Crippen LogP contribution is 2.06. The van der Waals surface area contributed by atoms with Crippen molar-refractivity contribution in [1.29, 1.82) is 0 Å². The first-order chi connectivity index (χ1) is 6.48. The van der Waals surface area contributed by atoms with E-state index in [1.54, 1.807) is 0 Å². The highest BCUT2D eigenvalue weighted by Gasteiger charge is 2.20. The Balaban J connectivity index is 3.81. The Bertz CT molecular complexity index is 198. The van der Waals surface area contributed by atoms with Gasteiger partial charge in [-0.1, -0.05) is 25.3 Å². The van der Waals surface area contributed by atoms with E-state index in [0.29, 0.717) is 6.10 Å². The molecule has 0 aromatic rings. The van der Waals surface area contributed by atoms with E-state index in [1.165, 1.54) is 19.3 Å². The van der Waals surface area contributed by atoms with Gasteiger partial charge in [0.2, 0.25) is 0 Å². The fourth-order valence-electron chi connectivity index (χ4n) is 1.36. The maximum Gasteiger partial charge on any atom is 0.266 e. The summed E-state index contributed by atoms with van der Waals surface area (Å²) >= 11 is 0. The van der Waals surface area contributed by atoms with E-state index < -0.39 is 8.32 Å². The van der Waals surface area contributed by atoms with E-state index in [9.17, 15) is 0 Å². The SMILES string of the molecule is CCCCCC#C[Si](C)(C)OC(C)C. The fraction of sp³-hybridized carbons (Fsp3) is 0.833. The molecular formula is C12H24OSi. The van der Waals surface area contributed by atoms with Crippen LogP contribution in [0.2, 0.25) is 13.1 Å². The van der Waals surface area contributed by atoms with Gasteiger partial charge < -0.3 is 4.43 Å². The van der Waals surface area contributed by atoms with Gasteiger partial charge in [-0.15, -0.1) is 5.92 Å². The first kappa shape index (κ1) is 13.7. The topological polar surface area (TPSA) is 9.23 Å². The van der Waals surface area contributed by atoms with Gasteiger partial charge in [0.05, 0.1) is 0 Å². The minimum absolute atomic E-state index is 0.307.